The molecule has 114 valence electrons. The van der Waals surface area contributed by atoms with Gasteiger partial charge in [-0.05, 0) is 46.6 Å². The van der Waals surface area contributed by atoms with E-state index in [-0.39, 0.29) is 12.3 Å². The number of benzene rings is 1. The van der Waals surface area contributed by atoms with Gasteiger partial charge in [0.2, 0.25) is 0 Å². The highest BCUT2D eigenvalue weighted by Gasteiger charge is 2.23. The lowest BCUT2D eigenvalue weighted by Gasteiger charge is -2.13. The lowest BCUT2D eigenvalue weighted by Crippen LogP contribution is -2.22. The number of hydrogen-bond acceptors (Lipinski definition) is 5. The van der Waals surface area contributed by atoms with E-state index >= 15 is 0 Å². The number of nitriles is 1. The van der Waals surface area contributed by atoms with Crippen LogP contribution in [0.15, 0.2) is 22.3 Å². The van der Waals surface area contributed by atoms with Gasteiger partial charge in [-0.25, -0.2) is 4.79 Å². The number of amides is 3. The van der Waals surface area contributed by atoms with E-state index in [0.717, 1.165) is 0 Å². The van der Waals surface area contributed by atoms with E-state index in [9.17, 15) is 9.59 Å². The molecule has 0 bridgehead atoms. The highest BCUT2D eigenvalue weighted by atomic mass is 79.9. The van der Waals surface area contributed by atoms with Gasteiger partial charge >= 0.3 is 6.03 Å². The number of carbonyl (C=O) groups is 2. The number of ether oxygens (including phenoxy) is 2. The lowest BCUT2D eigenvalue weighted by molar-refractivity contribution is -0.115. The second-order valence-electron chi connectivity index (χ2n) is 4.18. The van der Waals surface area contributed by atoms with Gasteiger partial charge in [0, 0.05) is 0 Å². The van der Waals surface area contributed by atoms with Crippen LogP contribution in [-0.2, 0) is 4.79 Å². The Kier molecular flexibility index (Phi) is 5.01. The fourth-order valence-corrected chi connectivity index (χ4v) is 2.40. The summed E-state index contributed by atoms with van der Waals surface area (Å²) >= 11 is 3.34. The van der Waals surface area contributed by atoms with Gasteiger partial charge in [0.25, 0.3) is 5.91 Å². The van der Waals surface area contributed by atoms with E-state index in [1.807, 2.05) is 13.0 Å². The van der Waals surface area contributed by atoms with Gasteiger partial charge in [0.1, 0.15) is 11.8 Å². The molecule has 2 rings (SSSR count). The second-order valence-corrected chi connectivity index (χ2v) is 5.03. The highest BCUT2D eigenvalue weighted by molar-refractivity contribution is 9.10. The Bertz CT molecular complexity index is 694. The van der Waals surface area contributed by atoms with Crippen molar-refractivity contribution in [1.82, 2.24) is 10.6 Å². The molecule has 1 aliphatic heterocycles. The monoisotopic (exact) mass is 365 g/mol. The van der Waals surface area contributed by atoms with Crippen LogP contribution in [0.25, 0.3) is 6.08 Å². The molecular formula is C14H12BrN3O4. The molecule has 0 atom stereocenters. The first-order valence-corrected chi connectivity index (χ1v) is 7.14. The topological polar surface area (TPSA) is 100 Å². The molecule has 0 aromatic heterocycles. The number of rotatable bonds is 5. The fraction of sp³-hybridized carbons (Fsp3) is 0.214. The summed E-state index contributed by atoms with van der Waals surface area (Å²) in [5.41, 5.74) is 0.775. The van der Waals surface area contributed by atoms with Crippen molar-refractivity contribution >= 4 is 33.9 Å². The third kappa shape index (κ3) is 3.56. The van der Waals surface area contributed by atoms with Gasteiger partial charge in [-0.15, -0.1) is 0 Å². The average Bonchev–Trinajstić information content (AvgIpc) is 2.76. The number of halogens is 1. The Hall–Kier alpha value is -2.53. The summed E-state index contributed by atoms with van der Waals surface area (Å²) < 4.78 is 11.4. The molecule has 0 saturated carbocycles. The van der Waals surface area contributed by atoms with Crippen LogP contribution < -0.4 is 20.1 Å². The van der Waals surface area contributed by atoms with Crippen molar-refractivity contribution in [1.29, 1.82) is 5.26 Å². The number of urea groups is 1. The number of nitrogens with one attached hydrogen (secondary N) is 2. The van der Waals surface area contributed by atoms with E-state index in [1.165, 1.54) is 6.08 Å². The molecule has 0 aliphatic carbocycles. The predicted molar refractivity (Wildman–Crippen MR) is 81.1 cm³/mol. The smallest absolute Gasteiger partial charge is 0.326 e. The summed E-state index contributed by atoms with van der Waals surface area (Å²) in [6.45, 7) is 2.11. The third-order valence-electron chi connectivity index (χ3n) is 2.64. The minimum Gasteiger partial charge on any atom is -0.490 e. The maximum atomic E-state index is 11.5. The number of hydrogen-bond donors (Lipinski definition) is 2. The Labute approximate surface area is 135 Å². The molecule has 3 amide bonds. The molecule has 1 saturated heterocycles. The molecule has 1 fully saturated rings. The van der Waals surface area contributed by atoms with Crippen molar-refractivity contribution in [2.75, 3.05) is 13.2 Å². The van der Waals surface area contributed by atoms with Crippen LogP contribution >= 0.6 is 15.9 Å². The van der Waals surface area contributed by atoms with Gasteiger partial charge in [0.05, 0.1) is 11.1 Å². The van der Waals surface area contributed by atoms with Crippen LogP contribution in [0, 0.1) is 11.3 Å². The maximum absolute atomic E-state index is 11.5. The zero-order valence-electron chi connectivity index (χ0n) is 11.6. The van der Waals surface area contributed by atoms with Crippen molar-refractivity contribution in [2.24, 2.45) is 0 Å². The Morgan fingerprint density at radius 1 is 1.32 bits per heavy atom. The standard InChI is InChI=1S/C14H12BrN3O4/c1-2-21-11-7-8(5-9(15)12(11)22-4-3-16)6-10-13(19)18-14(20)17-10/h5-7H,2,4H2,1H3,(H2,17,18,19,20). The van der Waals surface area contributed by atoms with Gasteiger partial charge in [0.15, 0.2) is 18.1 Å². The van der Waals surface area contributed by atoms with Crippen LogP contribution in [0.3, 0.4) is 0 Å². The van der Waals surface area contributed by atoms with E-state index in [2.05, 4.69) is 26.6 Å². The molecule has 0 spiro atoms. The molecular weight excluding hydrogens is 354 g/mol. The number of imide groups is 1. The second kappa shape index (κ2) is 6.95. The van der Waals surface area contributed by atoms with Crippen molar-refractivity contribution in [3.63, 3.8) is 0 Å². The van der Waals surface area contributed by atoms with Gasteiger partial charge in [-0.2, -0.15) is 5.26 Å². The van der Waals surface area contributed by atoms with Crippen LogP contribution in [0.2, 0.25) is 0 Å². The Morgan fingerprint density at radius 3 is 2.68 bits per heavy atom. The first-order chi connectivity index (χ1) is 10.5. The first kappa shape index (κ1) is 15.9. The summed E-state index contributed by atoms with van der Waals surface area (Å²) in [7, 11) is 0. The third-order valence-corrected chi connectivity index (χ3v) is 3.23. The molecule has 2 N–H and O–H groups in total. The highest BCUT2D eigenvalue weighted by Crippen LogP contribution is 2.37. The van der Waals surface area contributed by atoms with Crippen LogP contribution in [0.1, 0.15) is 12.5 Å². The summed E-state index contributed by atoms with van der Waals surface area (Å²) in [5.74, 6) is 0.345. The normalized spacial score (nSPS) is 15.2. The van der Waals surface area contributed by atoms with Gasteiger partial charge in [-0.3, -0.25) is 10.1 Å². The zero-order chi connectivity index (χ0) is 16.1. The molecule has 1 aromatic rings. The quantitative estimate of drug-likeness (QED) is 0.613. The lowest BCUT2D eigenvalue weighted by atomic mass is 10.1. The summed E-state index contributed by atoms with van der Waals surface area (Å²) in [6, 6.07) is 4.68. The fourth-order valence-electron chi connectivity index (χ4n) is 1.83. The maximum Gasteiger partial charge on any atom is 0.326 e. The van der Waals surface area contributed by atoms with Crippen molar-refractivity contribution in [3.05, 3.63) is 27.9 Å². The summed E-state index contributed by atoms with van der Waals surface area (Å²) in [4.78, 5) is 22.6. The zero-order valence-corrected chi connectivity index (χ0v) is 13.2. The molecule has 1 heterocycles. The predicted octanol–water partition coefficient (Wildman–Crippen LogP) is 1.93. The average molecular weight is 366 g/mol. The van der Waals surface area contributed by atoms with Crippen LogP contribution in [-0.4, -0.2) is 25.2 Å². The van der Waals surface area contributed by atoms with Crippen molar-refractivity contribution < 1.29 is 19.1 Å². The Morgan fingerprint density at radius 2 is 2.09 bits per heavy atom. The van der Waals surface area contributed by atoms with Gasteiger partial charge in [-0.1, -0.05) is 0 Å². The van der Waals surface area contributed by atoms with E-state index in [4.69, 9.17) is 14.7 Å². The molecule has 7 nitrogen and oxygen atoms in total. The van der Waals surface area contributed by atoms with Crippen LogP contribution in [0.5, 0.6) is 11.5 Å². The van der Waals surface area contributed by atoms with Crippen molar-refractivity contribution in [2.45, 2.75) is 6.92 Å². The molecule has 0 unspecified atom stereocenters. The molecule has 1 aromatic carbocycles. The summed E-state index contributed by atoms with van der Waals surface area (Å²) in [5, 5.41) is 13.1. The summed E-state index contributed by atoms with van der Waals surface area (Å²) in [6.07, 6.45) is 1.52. The number of nitrogens with zero attached hydrogens (tertiary/aromatic N) is 1. The SMILES string of the molecule is CCOc1cc(C=C2NC(=O)NC2=O)cc(Br)c1OCC#N. The molecule has 8 heteroatoms. The Balaban J connectivity index is 2.38. The van der Waals surface area contributed by atoms with E-state index in [0.29, 0.717) is 28.1 Å². The molecule has 22 heavy (non-hydrogen) atoms. The van der Waals surface area contributed by atoms with E-state index < -0.39 is 11.9 Å². The van der Waals surface area contributed by atoms with Crippen molar-refractivity contribution in [3.8, 4) is 17.6 Å². The minimum absolute atomic E-state index is 0.114. The molecule has 1 aliphatic rings. The first-order valence-electron chi connectivity index (χ1n) is 6.35. The minimum atomic E-state index is -0.561. The van der Waals surface area contributed by atoms with Crippen LogP contribution in [0.4, 0.5) is 4.79 Å². The van der Waals surface area contributed by atoms with Gasteiger partial charge < -0.3 is 14.8 Å². The largest absolute Gasteiger partial charge is 0.490 e. The molecule has 0 radical (unpaired) electrons. The number of carbonyl (C=O) groups excluding carboxylic acids is 2. The van der Waals surface area contributed by atoms with E-state index in [1.54, 1.807) is 12.1 Å².